The summed E-state index contributed by atoms with van der Waals surface area (Å²) in [6.45, 7) is 2.81. The summed E-state index contributed by atoms with van der Waals surface area (Å²) in [6, 6.07) is 18.2. The van der Waals surface area contributed by atoms with Gasteiger partial charge in [-0.2, -0.15) is 0 Å². The number of hydrogen-bond acceptors (Lipinski definition) is 6. The summed E-state index contributed by atoms with van der Waals surface area (Å²) in [5.74, 6) is 0.644. The van der Waals surface area contributed by atoms with Gasteiger partial charge in [0.2, 0.25) is 10.0 Å². The van der Waals surface area contributed by atoms with Crippen LogP contribution in [-0.4, -0.2) is 62.8 Å². The first-order chi connectivity index (χ1) is 16.2. The largest absolute Gasteiger partial charge is 0.488 e. The summed E-state index contributed by atoms with van der Waals surface area (Å²) in [6.07, 6.45) is 3.86. The van der Waals surface area contributed by atoms with E-state index in [2.05, 4.69) is 9.71 Å². The lowest BCUT2D eigenvalue weighted by molar-refractivity contribution is 0.0420. The normalized spacial score (nSPS) is 13.6. The highest BCUT2D eigenvalue weighted by atomic mass is 32.2. The zero-order valence-corrected chi connectivity index (χ0v) is 20.7. The maximum atomic E-state index is 12.6. The molecule has 2 aromatic carbocycles. The Balaban J connectivity index is 1.60. The predicted octanol–water partition coefficient (Wildman–Crippen LogP) is 3.35. The second-order valence-electron chi connectivity index (χ2n) is 8.54. The average molecular weight is 484 g/mol. The quantitative estimate of drug-likeness (QED) is 0.411. The molecule has 0 spiro atoms. The number of aryl methyl sites for hydroxylation is 1. The summed E-state index contributed by atoms with van der Waals surface area (Å²) < 4.78 is 33.8. The first kappa shape index (κ1) is 25.8. The van der Waals surface area contributed by atoms with Gasteiger partial charge in [-0.3, -0.25) is 4.98 Å². The van der Waals surface area contributed by atoms with Gasteiger partial charge in [0, 0.05) is 25.5 Å². The van der Waals surface area contributed by atoms with E-state index in [0.717, 1.165) is 23.1 Å². The van der Waals surface area contributed by atoms with Gasteiger partial charge in [0.15, 0.2) is 0 Å². The van der Waals surface area contributed by atoms with Crippen molar-refractivity contribution in [1.29, 1.82) is 0 Å². The van der Waals surface area contributed by atoms with Crippen LogP contribution in [0.5, 0.6) is 5.75 Å². The lowest BCUT2D eigenvalue weighted by Gasteiger charge is -2.20. The Kier molecular flexibility index (Phi) is 9.18. The standard InChI is InChI=1S/C26H33N3O4S/c1-20(26(30)14-9-21-6-5-15-27-19-21)33-24-12-10-22(11-13-24)23-7-4-8-25(18-23)34(31,32)28-16-17-29(2)3/h4-8,10-13,15,18-20,26,28,30H,9,14,16-17H2,1-3H3/t20-,26+/m0/s1. The Hall–Kier alpha value is -2.78. The predicted molar refractivity (Wildman–Crippen MR) is 134 cm³/mol. The van der Waals surface area contributed by atoms with Crippen LogP contribution >= 0.6 is 0 Å². The van der Waals surface area contributed by atoms with Crippen molar-refractivity contribution in [2.45, 2.75) is 36.9 Å². The van der Waals surface area contributed by atoms with Gasteiger partial charge in [0.1, 0.15) is 11.9 Å². The van der Waals surface area contributed by atoms with Crippen LogP contribution in [0.3, 0.4) is 0 Å². The van der Waals surface area contributed by atoms with E-state index in [-0.39, 0.29) is 11.0 Å². The van der Waals surface area contributed by atoms with Gasteiger partial charge in [-0.05, 0) is 80.9 Å². The summed E-state index contributed by atoms with van der Waals surface area (Å²) >= 11 is 0. The maximum Gasteiger partial charge on any atom is 0.240 e. The zero-order valence-electron chi connectivity index (χ0n) is 19.9. The topological polar surface area (TPSA) is 91.8 Å². The van der Waals surface area contributed by atoms with E-state index in [1.165, 1.54) is 0 Å². The second kappa shape index (κ2) is 12.1. The molecule has 2 atom stereocenters. The van der Waals surface area contributed by atoms with Gasteiger partial charge in [-0.15, -0.1) is 0 Å². The van der Waals surface area contributed by atoms with E-state index in [9.17, 15) is 13.5 Å². The first-order valence-corrected chi connectivity index (χ1v) is 12.8. The number of nitrogens with one attached hydrogen (secondary N) is 1. The SMILES string of the molecule is C[C@H](Oc1ccc(-c2cccc(S(=O)(=O)NCCN(C)C)c2)cc1)[C@H](O)CCc1cccnc1. The number of aromatic nitrogens is 1. The van der Waals surface area contributed by atoms with Gasteiger partial charge >= 0.3 is 0 Å². The molecule has 3 aromatic rings. The minimum absolute atomic E-state index is 0.231. The third-order valence-electron chi connectivity index (χ3n) is 5.50. The fourth-order valence-electron chi connectivity index (χ4n) is 3.44. The van der Waals surface area contributed by atoms with Crippen molar-refractivity contribution in [3.8, 4) is 16.9 Å². The second-order valence-corrected chi connectivity index (χ2v) is 10.3. The highest BCUT2D eigenvalue weighted by molar-refractivity contribution is 7.89. The van der Waals surface area contributed by atoms with Crippen molar-refractivity contribution in [2.24, 2.45) is 0 Å². The molecule has 0 unspecified atom stereocenters. The van der Waals surface area contributed by atoms with E-state index in [4.69, 9.17) is 4.74 Å². The minimum Gasteiger partial charge on any atom is -0.488 e. The Morgan fingerprint density at radius 3 is 2.50 bits per heavy atom. The number of sulfonamides is 1. The van der Waals surface area contributed by atoms with E-state index < -0.39 is 16.1 Å². The molecule has 0 aliphatic heterocycles. The summed E-state index contributed by atoms with van der Waals surface area (Å²) in [5, 5.41) is 10.5. The summed E-state index contributed by atoms with van der Waals surface area (Å²) in [5.41, 5.74) is 2.75. The van der Waals surface area contributed by atoms with Crippen LogP contribution in [-0.2, 0) is 16.4 Å². The molecule has 2 N–H and O–H groups in total. The number of likely N-dealkylation sites (N-methyl/N-ethyl adjacent to an activating group) is 1. The molecule has 0 fully saturated rings. The molecule has 0 saturated carbocycles. The van der Waals surface area contributed by atoms with Crippen LogP contribution in [0.4, 0.5) is 0 Å². The lowest BCUT2D eigenvalue weighted by atomic mass is 10.0. The monoisotopic (exact) mass is 483 g/mol. The third-order valence-corrected chi connectivity index (χ3v) is 6.96. The van der Waals surface area contributed by atoms with Crippen LogP contribution in [0.25, 0.3) is 11.1 Å². The Morgan fingerprint density at radius 1 is 1.06 bits per heavy atom. The van der Waals surface area contributed by atoms with Crippen LogP contribution < -0.4 is 9.46 Å². The average Bonchev–Trinajstić information content (AvgIpc) is 2.83. The van der Waals surface area contributed by atoms with Gasteiger partial charge < -0.3 is 14.7 Å². The smallest absolute Gasteiger partial charge is 0.240 e. The molecule has 0 aliphatic carbocycles. The number of pyridine rings is 1. The summed E-state index contributed by atoms with van der Waals surface area (Å²) in [4.78, 5) is 6.25. The highest BCUT2D eigenvalue weighted by Crippen LogP contribution is 2.25. The van der Waals surface area contributed by atoms with Crippen molar-refractivity contribution in [2.75, 3.05) is 27.2 Å². The number of benzene rings is 2. The van der Waals surface area contributed by atoms with Crippen LogP contribution in [0.15, 0.2) is 78.0 Å². The van der Waals surface area contributed by atoms with Gasteiger partial charge in [-0.25, -0.2) is 13.1 Å². The number of rotatable bonds is 12. The zero-order chi connectivity index (χ0) is 24.6. The summed E-state index contributed by atoms with van der Waals surface area (Å²) in [7, 11) is 0.211. The molecule has 0 bridgehead atoms. The maximum absolute atomic E-state index is 12.6. The molecule has 1 heterocycles. The third kappa shape index (κ3) is 7.63. The van der Waals surface area contributed by atoms with Crippen molar-refractivity contribution in [3.05, 3.63) is 78.6 Å². The van der Waals surface area contributed by atoms with Crippen LogP contribution in [0, 0.1) is 0 Å². The molecule has 34 heavy (non-hydrogen) atoms. The molecule has 8 heteroatoms. The molecule has 1 aromatic heterocycles. The molecule has 0 saturated heterocycles. The van der Waals surface area contributed by atoms with Crippen LogP contribution in [0.2, 0.25) is 0 Å². The van der Waals surface area contributed by atoms with Crippen molar-refractivity contribution >= 4 is 10.0 Å². The molecule has 7 nitrogen and oxygen atoms in total. The minimum atomic E-state index is -3.58. The molecule has 0 amide bonds. The number of nitrogens with zero attached hydrogens (tertiary/aromatic N) is 2. The Bertz CT molecular complexity index is 1140. The molecular weight excluding hydrogens is 450 g/mol. The fraction of sp³-hybridized carbons (Fsp3) is 0.346. The highest BCUT2D eigenvalue weighted by Gasteiger charge is 2.17. The molecule has 0 radical (unpaired) electrons. The first-order valence-electron chi connectivity index (χ1n) is 11.3. The van der Waals surface area contributed by atoms with E-state index in [0.29, 0.717) is 25.3 Å². The van der Waals surface area contributed by atoms with Crippen molar-refractivity contribution < 1.29 is 18.3 Å². The van der Waals surface area contributed by atoms with E-state index in [1.54, 1.807) is 30.6 Å². The number of aliphatic hydroxyl groups is 1. The van der Waals surface area contributed by atoms with Gasteiger partial charge in [0.25, 0.3) is 0 Å². The van der Waals surface area contributed by atoms with Crippen molar-refractivity contribution in [1.82, 2.24) is 14.6 Å². The fourth-order valence-corrected chi connectivity index (χ4v) is 4.51. The van der Waals surface area contributed by atoms with E-state index in [1.807, 2.05) is 68.4 Å². The number of aliphatic hydroxyl groups excluding tert-OH is 1. The van der Waals surface area contributed by atoms with Crippen LogP contribution in [0.1, 0.15) is 18.9 Å². The number of ether oxygens (including phenoxy) is 1. The van der Waals surface area contributed by atoms with Gasteiger partial charge in [0.05, 0.1) is 11.0 Å². The Morgan fingerprint density at radius 2 is 1.82 bits per heavy atom. The molecular formula is C26H33N3O4S. The Labute approximate surface area is 202 Å². The van der Waals surface area contributed by atoms with E-state index >= 15 is 0 Å². The molecule has 182 valence electrons. The molecule has 0 aliphatic rings. The lowest BCUT2D eigenvalue weighted by Crippen LogP contribution is -2.31. The number of hydrogen-bond donors (Lipinski definition) is 2. The van der Waals surface area contributed by atoms with Gasteiger partial charge in [-0.1, -0.05) is 30.3 Å². The van der Waals surface area contributed by atoms with Crippen molar-refractivity contribution in [3.63, 3.8) is 0 Å². The molecule has 3 rings (SSSR count).